The summed E-state index contributed by atoms with van der Waals surface area (Å²) in [5.74, 6) is -0.452. The van der Waals surface area contributed by atoms with Gasteiger partial charge in [0, 0.05) is 5.69 Å². The van der Waals surface area contributed by atoms with Crippen molar-refractivity contribution in [3.05, 3.63) is 53.6 Å². The summed E-state index contributed by atoms with van der Waals surface area (Å²) in [6, 6.07) is 12.4. The Kier molecular flexibility index (Phi) is 4.29. The molecule has 0 fully saturated rings. The normalized spacial score (nSPS) is 18.3. The molecule has 1 atom stereocenters. The van der Waals surface area contributed by atoms with Crippen LogP contribution in [0.25, 0.3) is 0 Å². The van der Waals surface area contributed by atoms with Gasteiger partial charge < -0.3 is 10.6 Å². The van der Waals surface area contributed by atoms with Crippen molar-refractivity contribution in [3.8, 4) is 0 Å². The highest BCUT2D eigenvalue weighted by Gasteiger charge is 2.33. The second kappa shape index (κ2) is 6.26. The minimum Gasteiger partial charge on any atom is -0.360 e. The van der Waals surface area contributed by atoms with Gasteiger partial charge in [0.25, 0.3) is 5.91 Å². The molecular weight excluding hydrogens is 326 g/mol. The lowest BCUT2D eigenvalue weighted by molar-refractivity contribution is -0.117. The van der Waals surface area contributed by atoms with Crippen molar-refractivity contribution in [2.45, 2.75) is 31.3 Å². The molecule has 0 bridgehead atoms. The third-order valence-electron chi connectivity index (χ3n) is 3.92. The largest absolute Gasteiger partial charge is 0.360 e. The maximum atomic E-state index is 12.5. The molecule has 1 unspecified atom stereocenters. The average Bonchev–Trinajstić information content (AvgIpc) is 2.54. The Bertz CT molecular complexity index is 894. The van der Waals surface area contributed by atoms with Gasteiger partial charge in [0.2, 0.25) is 10.0 Å². The minimum absolute atomic E-state index is 0.145. The van der Waals surface area contributed by atoms with Crippen LogP contribution in [0.15, 0.2) is 47.4 Å². The first kappa shape index (κ1) is 16.5. The average molecular weight is 345 g/mol. The van der Waals surface area contributed by atoms with Crippen LogP contribution in [0, 0.1) is 6.92 Å². The Morgan fingerprint density at radius 1 is 1.21 bits per heavy atom. The number of rotatable bonds is 3. The molecule has 6 nitrogen and oxygen atoms in total. The number of amides is 1. The van der Waals surface area contributed by atoms with Gasteiger partial charge in [-0.15, -0.1) is 0 Å². The summed E-state index contributed by atoms with van der Waals surface area (Å²) in [6.07, 6.45) is -0.295. The standard InChI is InChI=1S/C17H19N3O3S/c1-3-12-6-4-5-7-13(12)19-17(21)16-18-14-10-11(2)8-9-15(14)24(22,23)20-16/h4-10,16,18,20H,3H2,1-2H3,(H,19,21). The number of sulfonamides is 1. The van der Waals surface area contributed by atoms with Crippen molar-refractivity contribution in [2.24, 2.45) is 0 Å². The van der Waals surface area contributed by atoms with Crippen molar-refractivity contribution in [2.75, 3.05) is 10.6 Å². The molecule has 0 aromatic heterocycles. The molecule has 3 rings (SSSR count). The smallest absolute Gasteiger partial charge is 0.262 e. The SMILES string of the molecule is CCc1ccccc1NC(=O)C1Nc2cc(C)ccc2S(=O)(=O)N1. The Labute approximate surface area is 141 Å². The molecule has 1 aliphatic rings. The molecule has 1 amide bonds. The molecule has 126 valence electrons. The molecular formula is C17H19N3O3S. The van der Waals surface area contributed by atoms with Crippen molar-refractivity contribution in [1.82, 2.24) is 4.72 Å². The van der Waals surface area contributed by atoms with Gasteiger partial charge in [-0.3, -0.25) is 4.79 Å². The Morgan fingerprint density at radius 3 is 2.71 bits per heavy atom. The Morgan fingerprint density at radius 2 is 1.96 bits per heavy atom. The highest BCUT2D eigenvalue weighted by molar-refractivity contribution is 7.89. The van der Waals surface area contributed by atoms with Crippen LogP contribution in [0.2, 0.25) is 0 Å². The van der Waals surface area contributed by atoms with E-state index >= 15 is 0 Å². The summed E-state index contributed by atoms with van der Waals surface area (Å²) in [5, 5.41) is 5.73. The van der Waals surface area contributed by atoms with Crippen LogP contribution >= 0.6 is 0 Å². The number of aryl methyl sites for hydroxylation is 2. The summed E-state index contributed by atoms with van der Waals surface area (Å²) in [7, 11) is -3.73. The molecule has 0 radical (unpaired) electrons. The molecule has 1 aliphatic heterocycles. The maximum absolute atomic E-state index is 12.5. The van der Waals surface area contributed by atoms with E-state index in [1.807, 2.05) is 32.0 Å². The van der Waals surface area contributed by atoms with Crippen molar-refractivity contribution >= 4 is 27.3 Å². The summed E-state index contributed by atoms with van der Waals surface area (Å²) in [5.41, 5.74) is 3.01. The van der Waals surface area contributed by atoms with E-state index in [2.05, 4.69) is 15.4 Å². The van der Waals surface area contributed by atoms with Gasteiger partial charge in [-0.2, -0.15) is 4.72 Å². The van der Waals surface area contributed by atoms with Crippen molar-refractivity contribution in [3.63, 3.8) is 0 Å². The van der Waals surface area contributed by atoms with Crippen molar-refractivity contribution < 1.29 is 13.2 Å². The van der Waals surface area contributed by atoms with Crippen molar-refractivity contribution in [1.29, 1.82) is 0 Å². The first-order valence-electron chi connectivity index (χ1n) is 7.69. The number of anilines is 2. The van der Waals surface area contributed by atoms with E-state index in [-0.39, 0.29) is 4.90 Å². The van der Waals surface area contributed by atoms with Crippen LogP contribution in [0.3, 0.4) is 0 Å². The second-order valence-corrected chi connectivity index (χ2v) is 7.38. The lowest BCUT2D eigenvalue weighted by Crippen LogP contribution is -2.51. The molecule has 0 spiro atoms. The van der Waals surface area contributed by atoms with Gasteiger partial charge in [-0.05, 0) is 42.7 Å². The van der Waals surface area contributed by atoms with E-state index in [1.165, 1.54) is 6.07 Å². The zero-order valence-electron chi connectivity index (χ0n) is 13.5. The number of nitrogens with one attached hydrogen (secondary N) is 3. The van der Waals surface area contributed by atoms with E-state index in [4.69, 9.17) is 0 Å². The van der Waals surface area contributed by atoms with Gasteiger partial charge in [-0.1, -0.05) is 31.2 Å². The van der Waals surface area contributed by atoms with E-state index in [0.29, 0.717) is 11.4 Å². The molecule has 1 heterocycles. The fraction of sp³-hybridized carbons (Fsp3) is 0.235. The monoisotopic (exact) mass is 345 g/mol. The molecule has 24 heavy (non-hydrogen) atoms. The molecule has 3 N–H and O–H groups in total. The van der Waals surface area contributed by atoms with Crippen LogP contribution in [0.1, 0.15) is 18.1 Å². The number of fused-ring (bicyclic) bond motifs is 1. The number of hydrogen-bond donors (Lipinski definition) is 3. The topological polar surface area (TPSA) is 87.3 Å². The molecule has 0 saturated heterocycles. The Hall–Kier alpha value is -2.38. The highest BCUT2D eigenvalue weighted by atomic mass is 32.2. The zero-order chi connectivity index (χ0) is 17.3. The second-order valence-electron chi connectivity index (χ2n) is 5.70. The molecule has 2 aromatic carbocycles. The van der Waals surface area contributed by atoms with Gasteiger partial charge in [0.05, 0.1) is 5.69 Å². The predicted molar refractivity (Wildman–Crippen MR) is 93.4 cm³/mol. The predicted octanol–water partition coefficient (Wildman–Crippen LogP) is 2.23. The fourth-order valence-electron chi connectivity index (χ4n) is 2.67. The van der Waals surface area contributed by atoms with Crippen LogP contribution in [-0.2, 0) is 21.2 Å². The van der Waals surface area contributed by atoms with Crippen LogP contribution in [0.5, 0.6) is 0 Å². The van der Waals surface area contributed by atoms with Gasteiger partial charge in [0.1, 0.15) is 4.90 Å². The zero-order valence-corrected chi connectivity index (χ0v) is 14.3. The van der Waals surface area contributed by atoms with E-state index in [0.717, 1.165) is 17.5 Å². The quantitative estimate of drug-likeness (QED) is 0.796. The van der Waals surface area contributed by atoms with Gasteiger partial charge >= 0.3 is 0 Å². The maximum Gasteiger partial charge on any atom is 0.262 e. The van der Waals surface area contributed by atoms with Crippen LogP contribution in [0.4, 0.5) is 11.4 Å². The van der Waals surface area contributed by atoms with Gasteiger partial charge in [-0.25, -0.2) is 8.42 Å². The number of hydrogen-bond acceptors (Lipinski definition) is 4. The Balaban J connectivity index is 1.87. The summed E-state index contributed by atoms with van der Waals surface area (Å²) < 4.78 is 27.1. The molecule has 0 aliphatic carbocycles. The lowest BCUT2D eigenvalue weighted by Gasteiger charge is -2.27. The third kappa shape index (κ3) is 3.13. The molecule has 2 aromatic rings. The molecule has 0 saturated carbocycles. The van der Waals surface area contributed by atoms with Crippen LogP contribution < -0.4 is 15.4 Å². The lowest BCUT2D eigenvalue weighted by atomic mass is 10.1. The van der Waals surface area contributed by atoms with Gasteiger partial charge in [0.15, 0.2) is 6.17 Å². The third-order valence-corrected chi connectivity index (χ3v) is 5.40. The minimum atomic E-state index is -3.73. The summed E-state index contributed by atoms with van der Waals surface area (Å²) in [4.78, 5) is 12.7. The van der Waals surface area contributed by atoms with Crippen LogP contribution in [-0.4, -0.2) is 20.5 Å². The van der Waals surface area contributed by atoms with E-state index in [1.54, 1.807) is 18.2 Å². The number of benzene rings is 2. The summed E-state index contributed by atoms with van der Waals surface area (Å²) >= 11 is 0. The van der Waals surface area contributed by atoms with E-state index < -0.39 is 22.1 Å². The number of para-hydroxylation sites is 1. The first-order chi connectivity index (χ1) is 11.4. The fourth-order valence-corrected chi connectivity index (χ4v) is 3.93. The number of carbonyl (C=O) groups is 1. The highest BCUT2D eigenvalue weighted by Crippen LogP contribution is 2.27. The molecule has 7 heteroatoms. The van der Waals surface area contributed by atoms with E-state index in [9.17, 15) is 13.2 Å². The number of carbonyl (C=O) groups excluding carboxylic acids is 1. The first-order valence-corrected chi connectivity index (χ1v) is 9.17. The summed E-state index contributed by atoms with van der Waals surface area (Å²) in [6.45, 7) is 3.86.